The fourth-order valence-electron chi connectivity index (χ4n) is 3.95. The molecule has 3 atom stereocenters. The van der Waals surface area contributed by atoms with Gasteiger partial charge >= 0.3 is 0 Å². The van der Waals surface area contributed by atoms with Gasteiger partial charge in [0.25, 0.3) is 5.91 Å². The van der Waals surface area contributed by atoms with Gasteiger partial charge in [0.2, 0.25) is 17.7 Å². The Labute approximate surface area is 196 Å². The Hall–Kier alpha value is -3.33. The van der Waals surface area contributed by atoms with E-state index in [0.717, 1.165) is 10.5 Å². The molecule has 2 aliphatic heterocycles. The summed E-state index contributed by atoms with van der Waals surface area (Å²) < 4.78 is 0. The number of benzene rings is 2. The Kier molecular flexibility index (Phi) is 6.69. The highest BCUT2D eigenvalue weighted by molar-refractivity contribution is 7.99. The van der Waals surface area contributed by atoms with Gasteiger partial charge in [-0.15, -0.1) is 11.8 Å². The van der Waals surface area contributed by atoms with E-state index in [2.05, 4.69) is 10.6 Å². The molecule has 1 saturated heterocycles. The summed E-state index contributed by atoms with van der Waals surface area (Å²) in [6.07, 6.45) is 0.667. The van der Waals surface area contributed by atoms with Gasteiger partial charge in [0, 0.05) is 25.4 Å². The highest BCUT2D eigenvalue weighted by Crippen LogP contribution is 2.45. The molecule has 2 heterocycles. The monoisotopic (exact) mass is 466 g/mol. The Bertz CT molecular complexity index is 1080. The molecular weight excluding hydrogens is 440 g/mol. The third kappa shape index (κ3) is 4.88. The minimum Gasteiger partial charge on any atom is -0.347 e. The fourth-order valence-corrected chi connectivity index (χ4v) is 5.29. The first-order chi connectivity index (χ1) is 15.8. The van der Waals surface area contributed by atoms with Crippen LogP contribution in [0.2, 0.25) is 0 Å². The molecule has 1 fully saturated rings. The lowest BCUT2D eigenvalue weighted by atomic mass is 10.0. The quantitative estimate of drug-likeness (QED) is 0.699. The number of thioether (sulfide) groups is 1. The number of amides is 4. The van der Waals surface area contributed by atoms with Crippen molar-refractivity contribution in [1.29, 1.82) is 0 Å². The molecule has 4 amide bonds. The summed E-state index contributed by atoms with van der Waals surface area (Å²) in [5, 5.41) is 5.14. The number of fused-ring (bicyclic) bond motifs is 1. The maximum absolute atomic E-state index is 13.9. The number of nitrogens with zero attached hydrogens (tertiary/aromatic N) is 2. The van der Waals surface area contributed by atoms with E-state index in [1.54, 1.807) is 14.1 Å². The summed E-state index contributed by atoms with van der Waals surface area (Å²) in [6, 6.07) is 15.4. The van der Waals surface area contributed by atoms with Crippen LogP contribution in [0.3, 0.4) is 0 Å². The van der Waals surface area contributed by atoms with Gasteiger partial charge in [-0.3, -0.25) is 19.2 Å². The SMILES string of the molecule is CN(C)C(=O)CN1C(=O)[C@H](NC(=O)[C@@H]2CCC(=O)N2)[C@H](c2ccccc2)Sc2ccccc21. The first-order valence-corrected chi connectivity index (χ1v) is 11.6. The third-order valence-electron chi connectivity index (χ3n) is 5.77. The molecule has 0 radical (unpaired) electrons. The first kappa shape index (κ1) is 22.8. The number of carbonyl (C=O) groups excluding carboxylic acids is 4. The second kappa shape index (κ2) is 9.66. The number of likely N-dealkylation sites (N-methyl/N-ethyl adjacent to an activating group) is 1. The highest BCUT2D eigenvalue weighted by atomic mass is 32.2. The molecule has 0 aliphatic carbocycles. The zero-order valence-electron chi connectivity index (χ0n) is 18.5. The van der Waals surface area contributed by atoms with E-state index in [1.165, 1.54) is 21.6 Å². The van der Waals surface area contributed by atoms with Crippen LogP contribution in [0.25, 0.3) is 0 Å². The predicted octanol–water partition coefficient (Wildman–Crippen LogP) is 1.72. The van der Waals surface area contributed by atoms with Crippen LogP contribution in [0.15, 0.2) is 59.5 Å². The van der Waals surface area contributed by atoms with Crippen LogP contribution >= 0.6 is 11.8 Å². The second-order valence-corrected chi connectivity index (χ2v) is 9.46. The Morgan fingerprint density at radius 1 is 1.09 bits per heavy atom. The molecule has 2 aliphatic rings. The van der Waals surface area contributed by atoms with E-state index in [-0.39, 0.29) is 30.7 Å². The van der Waals surface area contributed by atoms with Crippen molar-refractivity contribution in [2.75, 3.05) is 25.5 Å². The molecule has 4 rings (SSSR count). The smallest absolute Gasteiger partial charge is 0.251 e. The molecule has 9 heteroatoms. The molecule has 172 valence electrons. The Balaban J connectivity index is 1.74. The van der Waals surface area contributed by atoms with Crippen LogP contribution in [0, 0.1) is 0 Å². The van der Waals surface area contributed by atoms with Crippen molar-refractivity contribution in [3.63, 3.8) is 0 Å². The van der Waals surface area contributed by atoms with Crippen molar-refractivity contribution in [1.82, 2.24) is 15.5 Å². The van der Waals surface area contributed by atoms with Crippen LogP contribution in [0.5, 0.6) is 0 Å². The molecule has 2 aromatic rings. The molecule has 0 bridgehead atoms. The van der Waals surface area contributed by atoms with E-state index >= 15 is 0 Å². The molecule has 33 heavy (non-hydrogen) atoms. The topological polar surface area (TPSA) is 98.8 Å². The first-order valence-electron chi connectivity index (χ1n) is 10.8. The number of nitrogens with one attached hydrogen (secondary N) is 2. The number of hydrogen-bond donors (Lipinski definition) is 2. The molecular formula is C24H26N4O4S. The van der Waals surface area contributed by atoms with E-state index in [9.17, 15) is 19.2 Å². The van der Waals surface area contributed by atoms with Gasteiger partial charge in [0.15, 0.2) is 0 Å². The number of rotatable bonds is 5. The molecule has 0 spiro atoms. The van der Waals surface area contributed by atoms with E-state index in [4.69, 9.17) is 0 Å². The van der Waals surface area contributed by atoms with E-state index in [1.807, 2.05) is 54.6 Å². The fraction of sp³-hybridized carbons (Fsp3) is 0.333. The van der Waals surface area contributed by atoms with Crippen LogP contribution in [0.4, 0.5) is 5.69 Å². The van der Waals surface area contributed by atoms with Crippen LogP contribution < -0.4 is 15.5 Å². The maximum Gasteiger partial charge on any atom is 0.251 e. The lowest BCUT2D eigenvalue weighted by Crippen LogP contribution is -2.55. The van der Waals surface area contributed by atoms with Crippen LogP contribution in [0.1, 0.15) is 23.7 Å². The summed E-state index contributed by atoms with van der Waals surface area (Å²) in [7, 11) is 3.28. The summed E-state index contributed by atoms with van der Waals surface area (Å²) in [5.41, 5.74) is 1.52. The number of para-hydroxylation sites is 1. The standard InChI is InChI=1S/C24H26N4O4S/c1-27(2)20(30)14-28-17-10-6-7-11-18(17)33-22(15-8-4-3-5-9-15)21(24(28)32)26-23(31)16-12-13-19(29)25-16/h3-11,16,21-22H,12-14H2,1-2H3,(H,25,29)(H,26,31)/t16-,21+,22-/m0/s1. The Morgan fingerprint density at radius 3 is 2.45 bits per heavy atom. The molecule has 0 unspecified atom stereocenters. The average molecular weight is 467 g/mol. The van der Waals surface area contributed by atoms with Crippen molar-refractivity contribution in [2.45, 2.75) is 35.1 Å². The van der Waals surface area contributed by atoms with Gasteiger partial charge in [-0.2, -0.15) is 0 Å². The van der Waals surface area contributed by atoms with E-state index < -0.39 is 23.2 Å². The average Bonchev–Trinajstić information content (AvgIpc) is 3.22. The van der Waals surface area contributed by atoms with Gasteiger partial charge in [-0.1, -0.05) is 42.5 Å². The van der Waals surface area contributed by atoms with Crippen molar-refractivity contribution in [2.24, 2.45) is 0 Å². The van der Waals surface area contributed by atoms with Gasteiger partial charge in [0.05, 0.1) is 10.9 Å². The maximum atomic E-state index is 13.9. The highest BCUT2D eigenvalue weighted by Gasteiger charge is 2.41. The van der Waals surface area contributed by atoms with Crippen LogP contribution in [-0.2, 0) is 19.2 Å². The largest absolute Gasteiger partial charge is 0.347 e. The molecule has 0 aromatic heterocycles. The lowest BCUT2D eigenvalue weighted by Gasteiger charge is -2.29. The number of hydrogen-bond acceptors (Lipinski definition) is 5. The zero-order chi connectivity index (χ0) is 23.5. The number of anilines is 1. The summed E-state index contributed by atoms with van der Waals surface area (Å²) in [5.74, 6) is -1.17. The van der Waals surface area contributed by atoms with Gasteiger partial charge in [-0.25, -0.2) is 0 Å². The second-order valence-electron chi connectivity index (χ2n) is 8.27. The molecule has 2 aromatic carbocycles. The van der Waals surface area contributed by atoms with Crippen molar-refractivity contribution < 1.29 is 19.2 Å². The predicted molar refractivity (Wildman–Crippen MR) is 126 cm³/mol. The summed E-state index contributed by atoms with van der Waals surface area (Å²) in [4.78, 5) is 54.9. The summed E-state index contributed by atoms with van der Waals surface area (Å²) >= 11 is 1.48. The summed E-state index contributed by atoms with van der Waals surface area (Å²) in [6.45, 7) is -0.141. The van der Waals surface area contributed by atoms with Gasteiger partial charge in [-0.05, 0) is 24.1 Å². The van der Waals surface area contributed by atoms with Crippen molar-refractivity contribution in [3.05, 3.63) is 60.2 Å². The van der Waals surface area contributed by atoms with Gasteiger partial charge in [0.1, 0.15) is 18.6 Å². The molecule has 0 saturated carbocycles. The zero-order valence-corrected chi connectivity index (χ0v) is 19.3. The third-order valence-corrected chi connectivity index (χ3v) is 7.17. The van der Waals surface area contributed by atoms with Crippen molar-refractivity contribution in [3.8, 4) is 0 Å². The van der Waals surface area contributed by atoms with E-state index in [0.29, 0.717) is 12.1 Å². The molecule has 8 nitrogen and oxygen atoms in total. The van der Waals surface area contributed by atoms with Crippen LogP contribution in [-0.4, -0.2) is 61.3 Å². The normalized spacial score (nSPS) is 22.2. The lowest BCUT2D eigenvalue weighted by molar-refractivity contribution is -0.131. The Morgan fingerprint density at radius 2 is 1.79 bits per heavy atom. The minimum atomic E-state index is -0.926. The van der Waals surface area contributed by atoms with Gasteiger partial charge < -0.3 is 20.4 Å². The molecule has 2 N–H and O–H groups in total. The van der Waals surface area contributed by atoms with Crippen molar-refractivity contribution >= 4 is 41.1 Å². The number of carbonyl (C=O) groups is 4. The minimum absolute atomic E-state index is 0.141.